The molecule has 0 radical (unpaired) electrons. The quantitative estimate of drug-likeness (QED) is 0.362. The zero-order chi connectivity index (χ0) is 17.5. The number of aliphatic imine (C=N–C) groups is 1. The van der Waals surface area contributed by atoms with Gasteiger partial charge >= 0.3 is 0 Å². The lowest BCUT2D eigenvalue weighted by Crippen LogP contribution is -2.36. The van der Waals surface area contributed by atoms with Gasteiger partial charge in [0.2, 0.25) is 0 Å². The van der Waals surface area contributed by atoms with Gasteiger partial charge in [-0.2, -0.15) is 0 Å². The fourth-order valence-corrected chi connectivity index (χ4v) is 2.09. The van der Waals surface area contributed by atoms with Crippen LogP contribution in [0.4, 0.5) is 8.78 Å². The van der Waals surface area contributed by atoms with E-state index < -0.39 is 11.6 Å². The highest BCUT2D eigenvalue weighted by molar-refractivity contribution is 14.0. The Kier molecular flexibility index (Phi) is 8.39. The van der Waals surface area contributed by atoms with Gasteiger partial charge in [0, 0.05) is 31.3 Å². The van der Waals surface area contributed by atoms with Gasteiger partial charge in [0.25, 0.3) is 0 Å². The van der Waals surface area contributed by atoms with Gasteiger partial charge in [0.05, 0.1) is 7.11 Å². The second-order valence-electron chi connectivity index (χ2n) is 5.01. The second-order valence-corrected chi connectivity index (χ2v) is 5.01. The smallest absolute Gasteiger partial charge is 0.191 e. The summed E-state index contributed by atoms with van der Waals surface area (Å²) in [5, 5.41) is 15.7. The third-order valence-corrected chi connectivity index (χ3v) is 3.41. The van der Waals surface area contributed by atoms with Gasteiger partial charge in [-0.05, 0) is 36.4 Å². The monoisotopic (exact) mass is 463 g/mol. The molecule has 2 aromatic rings. The van der Waals surface area contributed by atoms with Crippen LogP contribution in [0.15, 0.2) is 41.4 Å². The lowest BCUT2D eigenvalue weighted by Gasteiger charge is -2.13. The number of rotatable bonds is 5. The van der Waals surface area contributed by atoms with E-state index in [2.05, 4.69) is 15.6 Å². The number of nitrogens with zero attached hydrogens (tertiary/aromatic N) is 1. The van der Waals surface area contributed by atoms with Crippen molar-refractivity contribution < 1.29 is 18.6 Å². The fraction of sp³-hybridized carbons (Fsp3) is 0.235. The Bertz CT molecular complexity index is 742. The molecule has 2 aromatic carbocycles. The maximum absolute atomic E-state index is 13.6. The van der Waals surface area contributed by atoms with Crippen molar-refractivity contribution in [2.45, 2.75) is 13.1 Å². The maximum Gasteiger partial charge on any atom is 0.191 e. The van der Waals surface area contributed by atoms with Crippen molar-refractivity contribution in [2.75, 3.05) is 14.2 Å². The number of halogens is 3. The first-order chi connectivity index (χ1) is 11.5. The number of ether oxygens (including phenoxy) is 1. The van der Waals surface area contributed by atoms with Crippen LogP contribution in [0.25, 0.3) is 0 Å². The average Bonchev–Trinajstić information content (AvgIpc) is 2.59. The number of benzene rings is 2. The summed E-state index contributed by atoms with van der Waals surface area (Å²) in [6.07, 6.45) is 0. The zero-order valence-corrected chi connectivity index (χ0v) is 16.2. The second kappa shape index (κ2) is 10.0. The van der Waals surface area contributed by atoms with Gasteiger partial charge in [-0.1, -0.05) is 0 Å². The highest BCUT2D eigenvalue weighted by Gasteiger charge is 2.07. The maximum atomic E-state index is 13.6. The van der Waals surface area contributed by atoms with Gasteiger partial charge in [0.1, 0.15) is 23.1 Å². The summed E-state index contributed by atoms with van der Waals surface area (Å²) in [6, 6.07) is 8.16. The number of methoxy groups -OCH3 is 1. The van der Waals surface area contributed by atoms with Crippen LogP contribution in [-0.2, 0) is 13.1 Å². The molecule has 0 heterocycles. The van der Waals surface area contributed by atoms with Gasteiger partial charge in [-0.15, -0.1) is 24.0 Å². The minimum absolute atomic E-state index is 0. The first-order valence-corrected chi connectivity index (χ1v) is 7.28. The van der Waals surface area contributed by atoms with E-state index in [1.54, 1.807) is 19.2 Å². The topological polar surface area (TPSA) is 65.9 Å². The highest BCUT2D eigenvalue weighted by atomic mass is 127. The van der Waals surface area contributed by atoms with E-state index in [-0.39, 0.29) is 48.4 Å². The molecule has 0 spiro atoms. The Labute approximate surface area is 162 Å². The van der Waals surface area contributed by atoms with Crippen LogP contribution < -0.4 is 15.4 Å². The Morgan fingerprint density at radius 1 is 1.08 bits per heavy atom. The van der Waals surface area contributed by atoms with E-state index in [1.807, 2.05) is 0 Å². The molecule has 5 nitrogen and oxygen atoms in total. The van der Waals surface area contributed by atoms with E-state index in [0.29, 0.717) is 17.3 Å². The van der Waals surface area contributed by atoms with E-state index in [0.717, 1.165) is 18.2 Å². The Hall–Kier alpha value is -2.10. The largest absolute Gasteiger partial charge is 0.508 e. The number of aromatic hydroxyl groups is 1. The third-order valence-electron chi connectivity index (χ3n) is 3.41. The van der Waals surface area contributed by atoms with Crippen molar-refractivity contribution in [3.8, 4) is 11.5 Å². The number of nitrogens with one attached hydrogen (secondary N) is 2. The molecule has 0 fully saturated rings. The molecule has 0 bridgehead atoms. The fourth-order valence-electron chi connectivity index (χ4n) is 2.09. The van der Waals surface area contributed by atoms with Crippen LogP contribution in [0.2, 0.25) is 0 Å². The van der Waals surface area contributed by atoms with Crippen molar-refractivity contribution in [2.24, 2.45) is 4.99 Å². The summed E-state index contributed by atoms with van der Waals surface area (Å²) >= 11 is 0. The number of hydrogen-bond acceptors (Lipinski definition) is 3. The molecular weight excluding hydrogens is 443 g/mol. The summed E-state index contributed by atoms with van der Waals surface area (Å²) in [6.45, 7) is 0.363. The molecule has 25 heavy (non-hydrogen) atoms. The molecule has 0 atom stereocenters. The zero-order valence-electron chi connectivity index (χ0n) is 13.8. The molecule has 0 aliphatic carbocycles. The molecule has 3 N–H and O–H groups in total. The molecule has 0 saturated carbocycles. The van der Waals surface area contributed by atoms with E-state index >= 15 is 0 Å². The average molecular weight is 463 g/mol. The number of phenolic OH excluding ortho intramolecular Hbond substituents is 1. The number of phenols is 1. The Morgan fingerprint density at radius 2 is 1.76 bits per heavy atom. The summed E-state index contributed by atoms with van der Waals surface area (Å²) in [5.74, 6) is 0.132. The van der Waals surface area contributed by atoms with Crippen molar-refractivity contribution in [1.29, 1.82) is 0 Å². The van der Waals surface area contributed by atoms with Gasteiger partial charge in [-0.3, -0.25) is 4.99 Å². The molecule has 8 heteroatoms. The highest BCUT2D eigenvalue weighted by Crippen LogP contribution is 2.22. The lowest BCUT2D eigenvalue weighted by atomic mass is 10.2. The van der Waals surface area contributed by atoms with Crippen molar-refractivity contribution >= 4 is 29.9 Å². The van der Waals surface area contributed by atoms with E-state index in [9.17, 15) is 13.9 Å². The van der Waals surface area contributed by atoms with Crippen molar-refractivity contribution in [3.63, 3.8) is 0 Å². The predicted octanol–water partition coefficient (Wildman–Crippen LogP) is 3.16. The molecular formula is C17H20F2IN3O2. The van der Waals surface area contributed by atoms with Crippen LogP contribution in [0.5, 0.6) is 11.5 Å². The van der Waals surface area contributed by atoms with E-state index in [1.165, 1.54) is 13.2 Å². The van der Waals surface area contributed by atoms with Crippen molar-refractivity contribution in [1.82, 2.24) is 10.6 Å². The molecule has 0 aromatic heterocycles. The third kappa shape index (κ3) is 6.04. The summed E-state index contributed by atoms with van der Waals surface area (Å²) in [4.78, 5) is 4.01. The minimum Gasteiger partial charge on any atom is -0.508 e. The van der Waals surface area contributed by atoms with Crippen LogP contribution in [0.3, 0.4) is 0 Å². The standard InChI is InChI=1S/C17H19F2N3O2.HI/c1-20-17(21-9-11-7-13(18)3-5-15(11)19)22-10-12-8-14(24-2)4-6-16(12)23;/h3-8,23H,9-10H2,1-2H3,(H2,20,21,22);1H. The summed E-state index contributed by atoms with van der Waals surface area (Å²) in [7, 11) is 3.10. The Balaban J connectivity index is 0.00000312. The van der Waals surface area contributed by atoms with Gasteiger partial charge < -0.3 is 20.5 Å². The minimum atomic E-state index is -0.502. The first kappa shape index (κ1) is 20.9. The number of hydrogen-bond donors (Lipinski definition) is 3. The van der Waals surface area contributed by atoms with Crippen LogP contribution >= 0.6 is 24.0 Å². The molecule has 0 saturated heterocycles. The van der Waals surface area contributed by atoms with Crippen molar-refractivity contribution in [3.05, 3.63) is 59.2 Å². The lowest BCUT2D eigenvalue weighted by molar-refractivity contribution is 0.410. The molecule has 0 amide bonds. The SMILES string of the molecule is CN=C(NCc1cc(OC)ccc1O)NCc1cc(F)ccc1F.I. The predicted molar refractivity (Wildman–Crippen MR) is 103 cm³/mol. The van der Waals surface area contributed by atoms with Gasteiger partial charge in [0.15, 0.2) is 5.96 Å². The normalized spacial score (nSPS) is 10.8. The molecule has 0 aliphatic rings. The molecule has 0 aliphatic heterocycles. The molecule has 2 rings (SSSR count). The summed E-state index contributed by atoms with van der Waals surface area (Å²) < 4.78 is 31.9. The molecule has 136 valence electrons. The molecule has 0 unspecified atom stereocenters. The van der Waals surface area contributed by atoms with Gasteiger partial charge in [-0.25, -0.2) is 8.78 Å². The van der Waals surface area contributed by atoms with Crippen LogP contribution in [-0.4, -0.2) is 25.2 Å². The Morgan fingerprint density at radius 3 is 2.40 bits per heavy atom. The van der Waals surface area contributed by atoms with E-state index in [4.69, 9.17) is 4.74 Å². The van der Waals surface area contributed by atoms with Crippen LogP contribution in [0.1, 0.15) is 11.1 Å². The first-order valence-electron chi connectivity index (χ1n) is 7.28. The van der Waals surface area contributed by atoms with Crippen LogP contribution in [0, 0.1) is 11.6 Å². The number of guanidine groups is 1. The summed E-state index contributed by atoms with van der Waals surface area (Å²) in [5.41, 5.74) is 0.816.